The number of carbonyl (C=O) groups excluding carboxylic acids is 1. The molecular formula is C16H26N2O2. The van der Waals surface area contributed by atoms with Crippen LogP contribution in [0.3, 0.4) is 0 Å². The molecule has 3 N–H and O–H groups in total. The lowest BCUT2D eigenvalue weighted by atomic mass is 9.87. The molecule has 0 aliphatic heterocycles. The van der Waals surface area contributed by atoms with E-state index in [1.54, 1.807) is 7.11 Å². The second kappa shape index (κ2) is 7.41. The first-order valence-electron chi connectivity index (χ1n) is 7.00. The minimum atomic E-state index is -0.493. The fourth-order valence-electron chi connectivity index (χ4n) is 1.87. The minimum absolute atomic E-state index is 0.110. The van der Waals surface area contributed by atoms with Gasteiger partial charge in [0.1, 0.15) is 0 Å². The number of benzene rings is 1. The molecule has 0 spiro atoms. The van der Waals surface area contributed by atoms with Crippen molar-refractivity contribution < 1.29 is 9.53 Å². The number of hydrogen-bond donors (Lipinski definition) is 2. The summed E-state index contributed by atoms with van der Waals surface area (Å²) < 4.78 is 4.95. The predicted molar refractivity (Wildman–Crippen MR) is 82.9 cm³/mol. The highest BCUT2D eigenvalue weighted by Gasteiger charge is 2.15. The summed E-state index contributed by atoms with van der Waals surface area (Å²) in [5, 5.41) is 2.84. The predicted octanol–water partition coefficient (Wildman–Crippen LogP) is 2.68. The fraction of sp³-hybridized carbons (Fsp3) is 0.562. The third-order valence-corrected chi connectivity index (χ3v) is 3.22. The molecule has 0 bridgehead atoms. The maximum atomic E-state index is 11.9. The molecule has 0 fully saturated rings. The molecule has 1 unspecified atom stereocenters. The SMILES string of the molecule is COCCCC(N)C(=O)Nc1ccc(C(C)(C)C)cc1. The molecule has 0 aromatic heterocycles. The van der Waals surface area contributed by atoms with Crippen molar-refractivity contribution in [3.05, 3.63) is 29.8 Å². The van der Waals surface area contributed by atoms with Crippen LogP contribution < -0.4 is 11.1 Å². The summed E-state index contributed by atoms with van der Waals surface area (Å²) >= 11 is 0. The second-order valence-electron chi connectivity index (χ2n) is 6.06. The van der Waals surface area contributed by atoms with Gasteiger partial charge in [-0.15, -0.1) is 0 Å². The van der Waals surface area contributed by atoms with Gasteiger partial charge in [-0.25, -0.2) is 0 Å². The number of rotatable bonds is 6. The molecule has 1 aromatic carbocycles. The summed E-state index contributed by atoms with van der Waals surface area (Å²) in [7, 11) is 1.64. The summed E-state index contributed by atoms with van der Waals surface area (Å²) in [6.45, 7) is 7.10. The number of carbonyl (C=O) groups is 1. The van der Waals surface area contributed by atoms with Gasteiger partial charge in [0.05, 0.1) is 6.04 Å². The molecule has 112 valence electrons. The molecule has 0 aliphatic carbocycles. The molecule has 1 amide bonds. The van der Waals surface area contributed by atoms with Gasteiger partial charge in [0.15, 0.2) is 0 Å². The van der Waals surface area contributed by atoms with Gasteiger partial charge in [-0.1, -0.05) is 32.9 Å². The Morgan fingerprint density at radius 2 is 1.90 bits per heavy atom. The van der Waals surface area contributed by atoms with Gasteiger partial charge in [0.2, 0.25) is 5.91 Å². The highest BCUT2D eigenvalue weighted by Crippen LogP contribution is 2.23. The summed E-state index contributed by atoms with van der Waals surface area (Å²) in [6, 6.07) is 7.41. The lowest BCUT2D eigenvalue weighted by Crippen LogP contribution is -2.35. The second-order valence-corrected chi connectivity index (χ2v) is 6.06. The summed E-state index contributed by atoms with van der Waals surface area (Å²) in [4.78, 5) is 11.9. The molecule has 1 aromatic rings. The quantitative estimate of drug-likeness (QED) is 0.786. The number of ether oxygens (including phenoxy) is 1. The Bertz CT molecular complexity index is 421. The van der Waals surface area contributed by atoms with E-state index in [-0.39, 0.29) is 11.3 Å². The molecule has 0 saturated carbocycles. The minimum Gasteiger partial charge on any atom is -0.385 e. The third-order valence-electron chi connectivity index (χ3n) is 3.22. The van der Waals surface area contributed by atoms with Crippen LogP contribution in [0.2, 0.25) is 0 Å². The molecule has 0 saturated heterocycles. The van der Waals surface area contributed by atoms with Crippen molar-refractivity contribution in [2.24, 2.45) is 5.73 Å². The van der Waals surface area contributed by atoms with Crippen molar-refractivity contribution in [3.63, 3.8) is 0 Å². The molecule has 4 heteroatoms. The number of hydrogen-bond acceptors (Lipinski definition) is 3. The summed E-state index contributed by atoms with van der Waals surface area (Å²) in [5.41, 5.74) is 7.97. The first kappa shape index (κ1) is 16.7. The van der Waals surface area contributed by atoms with E-state index in [2.05, 4.69) is 26.1 Å². The van der Waals surface area contributed by atoms with Crippen molar-refractivity contribution in [1.82, 2.24) is 0 Å². The highest BCUT2D eigenvalue weighted by molar-refractivity contribution is 5.94. The van der Waals surface area contributed by atoms with Gasteiger partial charge < -0.3 is 15.8 Å². The third kappa shape index (κ3) is 5.31. The normalized spacial score (nSPS) is 13.1. The van der Waals surface area contributed by atoms with Crippen LogP contribution in [-0.2, 0) is 14.9 Å². The molecule has 0 radical (unpaired) electrons. The number of anilines is 1. The molecule has 0 heterocycles. The van der Waals surface area contributed by atoms with E-state index in [1.165, 1.54) is 5.56 Å². The van der Waals surface area contributed by atoms with Crippen LogP contribution in [0.25, 0.3) is 0 Å². The van der Waals surface area contributed by atoms with Gasteiger partial charge in [-0.3, -0.25) is 4.79 Å². The Hall–Kier alpha value is -1.39. The maximum absolute atomic E-state index is 11.9. The molecule has 0 aliphatic rings. The molecular weight excluding hydrogens is 252 g/mol. The number of nitrogens with one attached hydrogen (secondary N) is 1. The van der Waals surface area contributed by atoms with Crippen LogP contribution in [-0.4, -0.2) is 25.7 Å². The maximum Gasteiger partial charge on any atom is 0.241 e. The van der Waals surface area contributed by atoms with Gasteiger partial charge in [0.25, 0.3) is 0 Å². The number of amides is 1. The zero-order valence-corrected chi connectivity index (χ0v) is 12.9. The zero-order valence-electron chi connectivity index (χ0n) is 12.9. The van der Waals surface area contributed by atoms with Crippen molar-refractivity contribution >= 4 is 11.6 Å². The number of methoxy groups -OCH3 is 1. The van der Waals surface area contributed by atoms with Gasteiger partial charge >= 0.3 is 0 Å². The van der Waals surface area contributed by atoms with Crippen LogP contribution >= 0.6 is 0 Å². The highest BCUT2D eigenvalue weighted by atomic mass is 16.5. The van der Waals surface area contributed by atoms with Crippen LogP contribution in [0, 0.1) is 0 Å². The molecule has 1 atom stereocenters. The number of nitrogens with two attached hydrogens (primary N) is 1. The Labute approximate surface area is 121 Å². The molecule has 4 nitrogen and oxygen atoms in total. The Kier molecular flexibility index (Phi) is 6.17. The van der Waals surface area contributed by atoms with Gasteiger partial charge in [0, 0.05) is 19.4 Å². The Morgan fingerprint density at radius 3 is 2.40 bits per heavy atom. The largest absolute Gasteiger partial charge is 0.385 e. The van der Waals surface area contributed by atoms with Crippen molar-refractivity contribution in [1.29, 1.82) is 0 Å². The van der Waals surface area contributed by atoms with E-state index in [4.69, 9.17) is 10.5 Å². The van der Waals surface area contributed by atoms with Crippen LogP contribution in [0.15, 0.2) is 24.3 Å². The van der Waals surface area contributed by atoms with E-state index < -0.39 is 6.04 Å². The lowest BCUT2D eigenvalue weighted by molar-refractivity contribution is -0.117. The van der Waals surface area contributed by atoms with Crippen molar-refractivity contribution in [3.8, 4) is 0 Å². The first-order chi connectivity index (χ1) is 9.34. The lowest BCUT2D eigenvalue weighted by Gasteiger charge is -2.19. The smallest absolute Gasteiger partial charge is 0.241 e. The van der Waals surface area contributed by atoms with Crippen molar-refractivity contribution in [2.45, 2.75) is 45.1 Å². The molecule has 1 rings (SSSR count). The first-order valence-corrected chi connectivity index (χ1v) is 7.00. The van der Waals surface area contributed by atoms with Crippen molar-refractivity contribution in [2.75, 3.05) is 19.0 Å². The zero-order chi connectivity index (χ0) is 15.2. The van der Waals surface area contributed by atoms with E-state index in [0.717, 1.165) is 12.1 Å². The summed E-state index contributed by atoms with van der Waals surface area (Å²) in [5.74, 6) is -0.149. The van der Waals surface area contributed by atoms with Crippen LogP contribution in [0.4, 0.5) is 5.69 Å². The van der Waals surface area contributed by atoms with E-state index in [0.29, 0.717) is 13.0 Å². The molecule has 20 heavy (non-hydrogen) atoms. The topological polar surface area (TPSA) is 64.3 Å². The monoisotopic (exact) mass is 278 g/mol. The average molecular weight is 278 g/mol. The van der Waals surface area contributed by atoms with Crippen LogP contribution in [0.1, 0.15) is 39.2 Å². The van der Waals surface area contributed by atoms with Gasteiger partial charge in [-0.05, 0) is 36.0 Å². The fourth-order valence-corrected chi connectivity index (χ4v) is 1.87. The van der Waals surface area contributed by atoms with E-state index in [1.807, 2.05) is 24.3 Å². The standard InChI is InChI=1S/C16H26N2O2/c1-16(2,3)12-7-9-13(10-8-12)18-15(19)14(17)6-5-11-20-4/h7-10,14H,5-6,11,17H2,1-4H3,(H,18,19). The van der Waals surface area contributed by atoms with Gasteiger partial charge in [-0.2, -0.15) is 0 Å². The Morgan fingerprint density at radius 1 is 1.30 bits per heavy atom. The van der Waals surface area contributed by atoms with E-state index in [9.17, 15) is 4.79 Å². The summed E-state index contributed by atoms with van der Waals surface area (Å²) in [6.07, 6.45) is 1.41. The van der Waals surface area contributed by atoms with E-state index >= 15 is 0 Å². The average Bonchev–Trinajstić information content (AvgIpc) is 2.38. The van der Waals surface area contributed by atoms with Crippen LogP contribution in [0.5, 0.6) is 0 Å². The Balaban J connectivity index is 2.54.